The number of hydrogen-bond acceptors (Lipinski definition) is 3. The summed E-state index contributed by atoms with van der Waals surface area (Å²) in [5, 5.41) is 0. The molecule has 4 nitrogen and oxygen atoms in total. The molecule has 2 heterocycles. The molecule has 0 bridgehead atoms. The lowest BCUT2D eigenvalue weighted by Gasteiger charge is -2.32. The summed E-state index contributed by atoms with van der Waals surface area (Å²) in [5.74, 6) is 0.214. The van der Waals surface area contributed by atoms with Gasteiger partial charge in [-0.15, -0.1) is 0 Å². The van der Waals surface area contributed by atoms with E-state index in [-0.39, 0.29) is 24.2 Å². The molecule has 0 unspecified atom stereocenters. The highest BCUT2D eigenvalue weighted by Gasteiger charge is 2.53. The Morgan fingerprint density at radius 2 is 1.62 bits per heavy atom. The van der Waals surface area contributed by atoms with Crippen LogP contribution in [0.25, 0.3) is 0 Å². The first-order valence-corrected chi connectivity index (χ1v) is 8.88. The molecular weight excluding hydrogens is 301 g/mol. The van der Waals surface area contributed by atoms with E-state index in [2.05, 4.69) is 39.8 Å². The average molecular weight is 327 g/mol. The first-order valence-electron chi connectivity index (χ1n) is 8.88. The van der Waals surface area contributed by atoms with Gasteiger partial charge in [-0.05, 0) is 71.5 Å². The zero-order valence-electron chi connectivity index (χ0n) is 15.5. The van der Waals surface area contributed by atoms with E-state index in [1.54, 1.807) is 0 Å². The minimum atomic E-state index is -0.452. The van der Waals surface area contributed by atoms with Gasteiger partial charge in [0.2, 0.25) is 5.91 Å². The Balaban J connectivity index is 1.74. The number of anilines is 1. The van der Waals surface area contributed by atoms with Crippen LogP contribution in [0.4, 0.5) is 5.69 Å². The summed E-state index contributed by atoms with van der Waals surface area (Å²) >= 11 is 0. The molecule has 0 radical (unpaired) electrons. The Kier molecular flexibility index (Phi) is 3.13. The lowest BCUT2D eigenvalue weighted by molar-refractivity contribution is -0.122. The second kappa shape index (κ2) is 4.64. The van der Waals surface area contributed by atoms with Crippen molar-refractivity contribution in [2.75, 3.05) is 4.90 Å². The number of rotatable bonds is 2. The lowest BCUT2D eigenvalue weighted by Crippen LogP contribution is -2.41. The molecule has 1 saturated carbocycles. The van der Waals surface area contributed by atoms with Crippen LogP contribution in [0.1, 0.15) is 59.9 Å². The van der Waals surface area contributed by atoms with E-state index in [9.17, 15) is 4.79 Å². The molecule has 3 aliphatic rings. The third kappa shape index (κ3) is 2.10. The lowest BCUT2D eigenvalue weighted by atomic mass is 9.77. The van der Waals surface area contributed by atoms with Gasteiger partial charge in [0.25, 0.3) is 0 Å². The summed E-state index contributed by atoms with van der Waals surface area (Å²) in [4.78, 5) is 14.9. The predicted octanol–water partition coefficient (Wildman–Crippen LogP) is 2.77. The van der Waals surface area contributed by atoms with E-state index in [1.165, 1.54) is 0 Å². The van der Waals surface area contributed by atoms with Gasteiger partial charge in [0.15, 0.2) is 0 Å². The van der Waals surface area contributed by atoms with E-state index in [0.717, 1.165) is 29.6 Å². The normalized spacial score (nSPS) is 26.8. The van der Waals surface area contributed by atoms with Crippen LogP contribution in [0.2, 0.25) is 0 Å². The zero-order chi connectivity index (χ0) is 17.5. The third-order valence-corrected chi connectivity index (χ3v) is 6.15. The van der Waals surface area contributed by atoms with E-state index in [0.29, 0.717) is 6.04 Å². The van der Waals surface area contributed by atoms with Gasteiger partial charge in [-0.25, -0.2) is 0 Å². The molecule has 1 aliphatic carbocycles. The van der Waals surface area contributed by atoms with Crippen LogP contribution < -0.4 is 10.4 Å². The summed E-state index contributed by atoms with van der Waals surface area (Å²) in [7, 11) is -0.389. The minimum absolute atomic E-state index is 0.214. The van der Waals surface area contributed by atoms with Gasteiger partial charge >= 0.3 is 7.12 Å². The molecular formula is C19H26BNO3. The van der Waals surface area contributed by atoms with Gasteiger partial charge in [0, 0.05) is 11.7 Å². The minimum Gasteiger partial charge on any atom is -0.399 e. The molecule has 1 saturated heterocycles. The molecule has 0 atom stereocenters. The van der Waals surface area contributed by atoms with Gasteiger partial charge in [0.1, 0.15) is 0 Å². The average Bonchev–Trinajstić information content (AvgIpc) is 3.23. The van der Waals surface area contributed by atoms with Gasteiger partial charge in [0.05, 0.1) is 16.6 Å². The monoisotopic (exact) mass is 327 g/mol. The van der Waals surface area contributed by atoms with Gasteiger partial charge in [-0.3, -0.25) is 4.79 Å². The van der Waals surface area contributed by atoms with Crippen molar-refractivity contribution in [3.05, 3.63) is 23.8 Å². The molecule has 4 rings (SSSR count). The Bertz CT molecular complexity index is 705. The summed E-state index contributed by atoms with van der Waals surface area (Å²) < 4.78 is 12.3. The van der Waals surface area contributed by atoms with Crippen LogP contribution in [-0.4, -0.2) is 30.3 Å². The van der Waals surface area contributed by atoms with Crippen molar-refractivity contribution in [2.45, 2.75) is 77.0 Å². The number of benzene rings is 1. The Morgan fingerprint density at radius 1 is 1.04 bits per heavy atom. The molecule has 2 fully saturated rings. The molecule has 0 aromatic heterocycles. The van der Waals surface area contributed by atoms with E-state index < -0.39 is 5.41 Å². The van der Waals surface area contributed by atoms with Crippen molar-refractivity contribution in [3.63, 3.8) is 0 Å². The smallest absolute Gasteiger partial charge is 0.399 e. The van der Waals surface area contributed by atoms with Crippen molar-refractivity contribution in [1.82, 2.24) is 0 Å². The highest BCUT2D eigenvalue weighted by Crippen LogP contribution is 2.46. The molecule has 24 heavy (non-hydrogen) atoms. The first kappa shape index (κ1) is 16.2. The van der Waals surface area contributed by atoms with Gasteiger partial charge in [-0.2, -0.15) is 0 Å². The highest BCUT2D eigenvalue weighted by atomic mass is 16.7. The maximum absolute atomic E-state index is 12.9. The molecule has 128 valence electrons. The number of hydrogen-bond donors (Lipinski definition) is 0. The van der Waals surface area contributed by atoms with Crippen molar-refractivity contribution >= 4 is 24.2 Å². The van der Waals surface area contributed by atoms with Crippen LogP contribution in [-0.2, 0) is 19.5 Å². The molecule has 1 aromatic carbocycles. The van der Waals surface area contributed by atoms with Crippen molar-refractivity contribution in [3.8, 4) is 0 Å². The number of amides is 1. The fourth-order valence-electron chi connectivity index (χ4n) is 3.62. The third-order valence-electron chi connectivity index (χ3n) is 6.15. The Morgan fingerprint density at radius 3 is 2.17 bits per heavy atom. The largest absolute Gasteiger partial charge is 0.494 e. The maximum Gasteiger partial charge on any atom is 0.494 e. The summed E-state index contributed by atoms with van der Waals surface area (Å²) in [6, 6.07) is 6.59. The standard InChI is InChI=1S/C19H26BNO3/c1-17(2)14-10-7-12(20-23-18(3,4)19(5,6)24-20)11-15(14)21(16(17)22)13-8-9-13/h7,10-11,13H,8-9H2,1-6H3. The quantitative estimate of drug-likeness (QED) is 0.784. The highest BCUT2D eigenvalue weighted by molar-refractivity contribution is 6.62. The number of fused-ring (bicyclic) bond motifs is 1. The molecule has 2 aliphatic heterocycles. The molecule has 1 amide bonds. The molecule has 0 spiro atoms. The Labute approximate surface area is 144 Å². The molecule has 0 N–H and O–H groups in total. The first-order chi connectivity index (χ1) is 11.0. The van der Waals surface area contributed by atoms with Crippen LogP contribution in [0.15, 0.2) is 18.2 Å². The zero-order valence-corrected chi connectivity index (χ0v) is 15.5. The second-order valence-electron chi connectivity index (χ2n) is 8.90. The summed E-state index contributed by atoms with van der Waals surface area (Å²) in [6.07, 6.45) is 2.20. The van der Waals surface area contributed by atoms with Crippen LogP contribution in [0.5, 0.6) is 0 Å². The SMILES string of the molecule is CC1(C)C(=O)N(C2CC2)c2cc(B3OC(C)(C)C(C)(C)O3)ccc21. The fourth-order valence-corrected chi connectivity index (χ4v) is 3.62. The van der Waals surface area contributed by atoms with E-state index in [4.69, 9.17) is 9.31 Å². The van der Waals surface area contributed by atoms with Gasteiger partial charge < -0.3 is 14.2 Å². The fraction of sp³-hybridized carbons (Fsp3) is 0.632. The van der Waals surface area contributed by atoms with Crippen LogP contribution in [0, 0.1) is 0 Å². The maximum atomic E-state index is 12.9. The van der Waals surface area contributed by atoms with E-state index in [1.807, 2.05) is 24.8 Å². The van der Waals surface area contributed by atoms with Crippen molar-refractivity contribution < 1.29 is 14.1 Å². The topological polar surface area (TPSA) is 38.8 Å². The molecule has 1 aromatic rings. The van der Waals surface area contributed by atoms with Gasteiger partial charge in [-0.1, -0.05) is 12.1 Å². The van der Waals surface area contributed by atoms with Crippen LogP contribution >= 0.6 is 0 Å². The van der Waals surface area contributed by atoms with Crippen LogP contribution in [0.3, 0.4) is 0 Å². The van der Waals surface area contributed by atoms with E-state index >= 15 is 0 Å². The summed E-state index contributed by atoms with van der Waals surface area (Å²) in [6.45, 7) is 12.3. The number of carbonyl (C=O) groups excluding carboxylic acids is 1. The number of nitrogens with zero attached hydrogens (tertiary/aromatic N) is 1. The Hall–Kier alpha value is -1.33. The molecule has 5 heteroatoms. The number of carbonyl (C=O) groups is 1. The summed E-state index contributed by atoms with van der Waals surface area (Å²) in [5.41, 5.74) is 1.97. The predicted molar refractivity (Wildman–Crippen MR) is 95.7 cm³/mol. The van der Waals surface area contributed by atoms with Crippen molar-refractivity contribution in [2.24, 2.45) is 0 Å². The second-order valence-corrected chi connectivity index (χ2v) is 8.90. The van der Waals surface area contributed by atoms with Crippen molar-refractivity contribution in [1.29, 1.82) is 0 Å².